The van der Waals surface area contributed by atoms with Crippen molar-refractivity contribution in [3.05, 3.63) is 59.7 Å². The van der Waals surface area contributed by atoms with Gasteiger partial charge in [0.15, 0.2) is 0 Å². The highest BCUT2D eigenvalue weighted by atomic mass is 16.5. The topological polar surface area (TPSA) is 105 Å². The van der Waals surface area contributed by atoms with Crippen LogP contribution in [0, 0.1) is 11.8 Å². The van der Waals surface area contributed by atoms with Gasteiger partial charge in [-0.25, -0.2) is 9.59 Å². The Bertz CT molecular complexity index is 990. The van der Waals surface area contributed by atoms with E-state index in [0.29, 0.717) is 12.8 Å². The second kappa shape index (κ2) is 11.2. The third-order valence-electron chi connectivity index (χ3n) is 6.43. The average molecular weight is 467 g/mol. The number of nitrogens with one attached hydrogen (secondary N) is 2. The number of carboxylic acids is 1. The first-order chi connectivity index (χ1) is 16.2. The molecule has 7 nitrogen and oxygen atoms in total. The van der Waals surface area contributed by atoms with Crippen molar-refractivity contribution in [2.45, 2.75) is 58.5 Å². The Morgan fingerprint density at radius 3 is 2.00 bits per heavy atom. The van der Waals surface area contributed by atoms with E-state index in [1.807, 2.05) is 64.1 Å². The Morgan fingerprint density at radius 2 is 1.50 bits per heavy atom. The van der Waals surface area contributed by atoms with Crippen LogP contribution >= 0.6 is 0 Å². The molecule has 0 fully saturated rings. The van der Waals surface area contributed by atoms with E-state index in [1.54, 1.807) is 0 Å². The standard InChI is InChI=1S/C27H34N2O5/c1-5-17(4)24(25(30)28-23(26(31)32)14-16(2)3)29-27(33)34-15-22-20-12-8-6-10-18(20)19-11-7-9-13-21(19)22/h6-13,16-17,22-24H,5,14-15H2,1-4H3,(H,28,30)(H,29,33)(H,31,32)/t17?,23-,24-/m0/s1. The van der Waals surface area contributed by atoms with Gasteiger partial charge in [-0.1, -0.05) is 82.6 Å². The average Bonchev–Trinajstić information content (AvgIpc) is 3.13. The van der Waals surface area contributed by atoms with E-state index < -0.39 is 30.1 Å². The van der Waals surface area contributed by atoms with Crippen molar-refractivity contribution in [1.82, 2.24) is 10.6 Å². The minimum absolute atomic E-state index is 0.0866. The SMILES string of the molecule is CCC(C)[C@H](NC(=O)OCC1c2ccccc2-c2ccccc21)C(=O)N[C@@H](CC(C)C)C(=O)O. The second-order valence-electron chi connectivity index (χ2n) is 9.36. The molecule has 7 heteroatoms. The van der Waals surface area contributed by atoms with Crippen molar-refractivity contribution in [3.8, 4) is 11.1 Å². The van der Waals surface area contributed by atoms with E-state index in [-0.39, 0.29) is 24.4 Å². The molecule has 0 saturated carbocycles. The molecular weight excluding hydrogens is 432 g/mol. The van der Waals surface area contributed by atoms with Crippen molar-refractivity contribution in [3.63, 3.8) is 0 Å². The van der Waals surface area contributed by atoms with E-state index in [9.17, 15) is 19.5 Å². The molecule has 0 saturated heterocycles. The number of hydrogen-bond acceptors (Lipinski definition) is 4. The fourth-order valence-corrected chi connectivity index (χ4v) is 4.42. The van der Waals surface area contributed by atoms with Crippen LogP contribution in [0.4, 0.5) is 4.79 Å². The van der Waals surface area contributed by atoms with Crippen LogP contribution in [0.1, 0.15) is 57.6 Å². The van der Waals surface area contributed by atoms with Gasteiger partial charge in [0, 0.05) is 5.92 Å². The summed E-state index contributed by atoms with van der Waals surface area (Å²) in [5.74, 6) is -1.80. The summed E-state index contributed by atoms with van der Waals surface area (Å²) in [5.41, 5.74) is 4.47. The van der Waals surface area contributed by atoms with E-state index in [0.717, 1.165) is 22.3 Å². The summed E-state index contributed by atoms with van der Waals surface area (Å²) in [6.07, 6.45) is 0.237. The van der Waals surface area contributed by atoms with Gasteiger partial charge in [-0.2, -0.15) is 0 Å². The van der Waals surface area contributed by atoms with Crippen molar-refractivity contribution in [2.24, 2.45) is 11.8 Å². The number of fused-ring (bicyclic) bond motifs is 3. The molecule has 3 rings (SSSR count). The first-order valence-electron chi connectivity index (χ1n) is 11.9. The summed E-state index contributed by atoms with van der Waals surface area (Å²) in [6.45, 7) is 7.67. The number of carbonyl (C=O) groups excluding carboxylic acids is 2. The molecule has 0 heterocycles. The fourth-order valence-electron chi connectivity index (χ4n) is 4.42. The van der Waals surface area contributed by atoms with Crippen LogP contribution in [0.3, 0.4) is 0 Å². The molecule has 0 aromatic heterocycles. The minimum Gasteiger partial charge on any atom is -0.480 e. The molecule has 2 aromatic rings. The Labute approximate surface area is 200 Å². The number of hydrogen-bond donors (Lipinski definition) is 3. The second-order valence-corrected chi connectivity index (χ2v) is 9.36. The molecule has 1 aliphatic rings. The zero-order chi connectivity index (χ0) is 24.8. The maximum absolute atomic E-state index is 12.9. The molecule has 0 spiro atoms. The highest BCUT2D eigenvalue weighted by molar-refractivity contribution is 5.89. The Kier molecular flexibility index (Phi) is 8.31. The monoisotopic (exact) mass is 466 g/mol. The van der Waals surface area contributed by atoms with Gasteiger partial charge >= 0.3 is 12.1 Å². The lowest BCUT2D eigenvalue weighted by atomic mass is 9.97. The molecule has 3 atom stereocenters. The number of carboxylic acid groups (broad SMARTS) is 1. The van der Waals surface area contributed by atoms with Crippen LogP contribution in [0.25, 0.3) is 11.1 Å². The number of benzene rings is 2. The van der Waals surface area contributed by atoms with E-state index in [4.69, 9.17) is 4.74 Å². The smallest absolute Gasteiger partial charge is 0.407 e. The van der Waals surface area contributed by atoms with Crippen LogP contribution in [0.5, 0.6) is 0 Å². The first-order valence-corrected chi connectivity index (χ1v) is 11.9. The third kappa shape index (κ3) is 5.76. The molecular formula is C27H34N2O5. The molecule has 0 radical (unpaired) electrons. The Hall–Kier alpha value is -3.35. The summed E-state index contributed by atoms with van der Waals surface area (Å²) in [6, 6.07) is 14.2. The summed E-state index contributed by atoms with van der Waals surface area (Å²) in [5, 5.41) is 14.7. The minimum atomic E-state index is -1.09. The van der Waals surface area contributed by atoms with Crippen molar-refractivity contribution in [2.75, 3.05) is 6.61 Å². The molecule has 0 aliphatic heterocycles. The van der Waals surface area contributed by atoms with Crippen LogP contribution < -0.4 is 10.6 Å². The lowest BCUT2D eigenvalue weighted by molar-refractivity contribution is -0.142. The highest BCUT2D eigenvalue weighted by Gasteiger charge is 2.32. The molecule has 1 aliphatic carbocycles. The highest BCUT2D eigenvalue weighted by Crippen LogP contribution is 2.44. The number of amides is 2. The Morgan fingerprint density at radius 1 is 0.941 bits per heavy atom. The largest absolute Gasteiger partial charge is 0.480 e. The van der Waals surface area contributed by atoms with Gasteiger partial charge in [-0.15, -0.1) is 0 Å². The van der Waals surface area contributed by atoms with E-state index in [1.165, 1.54) is 0 Å². The van der Waals surface area contributed by atoms with Gasteiger partial charge in [-0.05, 0) is 40.5 Å². The first kappa shape index (κ1) is 25.3. The van der Waals surface area contributed by atoms with Gasteiger partial charge in [0.25, 0.3) is 0 Å². The van der Waals surface area contributed by atoms with Crippen molar-refractivity contribution >= 4 is 18.0 Å². The predicted octanol–water partition coefficient (Wildman–Crippen LogP) is 4.56. The van der Waals surface area contributed by atoms with Crippen molar-refractivity contribution in [1.29, 1.82) is 0 Å². The fraction of sp³-hybridized carbons (Fsp3) is 0.444. The molecule has 1 unspecified atom stereocenters. The molecule has 2 aromatic carbocycles. The van der Waals surface area contributed by atoms with Crippen LogP contribution in [0.15, 0.2) is 48.5 Å². The number of carbonyl (C=O) groups is 3. The normalized spacial score (nSPS) is 15.1. The van der Waals surface area contributed by atoms with Crippen LogP contribution in [-0.4, -0.2) is 41.8 Å². The summed E-state index contributed by atoms with van der Waals surface area (Å²) in [7, 11) is 0. The summed E-state index contributed by atoms with van der Waals surface area (Å²) < 4.78 is 5.59. The lowest BCUT2D eigenvalue weighted by Crippen LogP contribution is -2.54. The predicted molar refractivity (Wildman–Crippen MR) is 130 cm³/mol. The molecule has 2 amide bonds. The zero-order valence-electron chi connectivity index (χ0n) is 20.2. The number of aliphatic carboxylic acids is 1. The van der Waals surface area contributed by atoms with Gasteiger partial charge < -0.3 is 20.5 Å². The van der Waals surface area contributed by atoms with Crippen LogP contribution in [0.2, 0.25) is 0 Å². The van der Waals surface area contributed by atoms with Gasteiger partial charge in [-0.3, -0.25) is 4.79 Å². The quantitative estimate of drug-likeness (QED) is 0.476. The molecule has 34 heavy (non-hydrogen) atoms. The summed E-state index contributed by atoms with van der Waals surface area (Å²) >= 11 is 0. The molecule has 182 valence electrons. The Balaban J connectivity index is 1.68. The van der Waals surface area contributed by atoms with Crippen molar-refractivity contribution < 1.29 is 24.2 Å². The number of ether oxygens (including phenoxy) is 1. The maximum Gasteiger partial charge on any atom is 0.407 e. The lowest BCUT2D eigenvalue weighted by Gasteiger charge is -2.26. The number of alkyl carbamates (subject to hydrolysis) is 1. The van der Waals surface area contributed by atoms with Gasteiger partial charge in [0.1, 0.15) is 18.7 Å². The molecule has 0 bridgehead atoms. The summed E-state index contributed by atoms with van der Waals surface area (Å²) in [4.78, 5) is 37.2. The van der Waals surface area contributed by atoms with Gasteiger partial charge in [0.2, 0.25) is 5.91 Å². The third-order valence-corrected chi connectivity index (χ3v) is 6.43. The van der Waals surface area contributed by atoms with E-state index in [2.05, 4.69) is 22.8 Å². The van der Waals surface area contributed by atoms with Crippen LogP contribution in [-0.2, 0) is 14.3 Å². The van der Waals surface area contributed by atoms with Gasteiger partial charge in [0.05, 0.1) is 0 Å². The van der Waals surface area contributed by atoms with E-state index >= 15 is 0 Å². The number of rotatable bonds is 10. The maximum atomic E-state index is 12.9. The molecule has 3 N–H and O–H groups in total. The zero-order valence-corrected chi connectivity index (χ0v) is 20.2.